The number of phosphoric ester groups is 2. The second-order valence-electron chi connectivity index (χ2n) is 24.0. The molecule has 0 radical (unpaired) electrons. The minimum Gasteiger partial charge on any atom is -0.462 e. The van der Waals surface area contributed by atoms with E-state index >= 15 is 0 Å². The molecule has 0 spiro atoms. The molecule has 5 atom stereocenters. The van der Waals surface area contributed by atoms with Gasteiger partial charge in [0.2, 0.25) is 0 Å². The van der Waals surface area contributed by atoms with E-state index in [4.69, 9.17) is 37.0 Å². The Morgan fingerprint density at radius 2 is 0.548 bits per heavy atom. The van der Waals surface area contributed by atoms with Gasteiger partial charge in [0, 0.05) is 25.7 Å². The van der Waals surface area contributed by atoms with Crippen LogP contribution in [-0.4, -0.2) is 96.7 Å². The molecule has 84 heavy (non-hydrogen) atoms. The van der Waals surface area contributed by atoms with Crippen LogP contribution in [0.15, 0.2) is 0 Å². The van der Waals surface area contributed by atoms with Crippen molar-refractivity contribution in [1.29, 1.82) is 0 Å². The molecule has 0 saturated heterocycles. The lowest BCUT2D eigenvalue weighted by atomic mass is 10.0. The van der Waals surface area contributed by atoms with Crippen LogP contribution in [0.3, 0.4) is 0 Å². The van der Waals surface area contributed by atoms with E-state index in [1.54, 1.807) is 0 Å². The Hall–Kier alpha value is -1.94. The van der Waals surface area contributed by atoms with Gasteiger partial charge in [-0.25, -0.2) is 9.13 Å². The monoisotopic (exact) mass is 1240 g/mol. The van der Waals surface area contributed by atoms with Crippen LogP contribution < -0.4 is 0 Å². The normalized spacial score (nSPS) is 14.2. The Bertz CT molecular complexity index is 1640. The molecule has 0 rings (SSSR count). The molecule has 0 aliphatic rings. The average molecular weight is 1240 g/mol. The number of hydrogen-bond donors (Lipinski definition) is 3. The maximum atomic E-state index is 13.0. The second kappa shape index (κ2) is 58.7. The van der Waals surface area contributed by atoms with Crippen molar-refractivity contribution < 1.29 is 80.2 Å². The second-order valence-corrected chi connectivity index (χ2v) is 26.9. The zero-order chi connectivity index (χ0) is 62.0. The molecule has 3 N–H and O–H groups in total. The molecule has 0 bridgehead atoms. The van der Waals surface area contributed by atoms with Crippen molar-refractivity contribution in [2.45, 2.75) is 348 Å². The van der Waals surface area contributed by atoms with Gasteiger partial charge >= 0.3 is 39.5 Å². The van der Waals surface area contributed by atoms with E-state index < -0.39 is 97.5 Å². The van der Waals surface area contributed by atoms with Gasteiger partial charge in [-0.1, -0.05) is 279 Å². The van der Waals surface area contributed by atoms with Gasteiger partial charge in [0.25, 0.3) is 0 Å². The molecule has 0 aromatic rings. The summed E-state index contributed by atoms with van der Waals surface area (Å²) in [7, 11) is -9.88. The molecule has 0 fully saturated rings. The summed E-state index contributed by atoms with van der Waals surface area (Å²) in [6.07, 6.45) is 43.4. The van der Waals surface area contributed by atoms with Crippen LogP contribution in [0.1, 0.15) is 330 Å². The zero-order valence-corrected chi connectivity index (χ0v) is 55.8. The summed E-state index contributed by atoms with van der Waals surface area (Å²) >= 11 is 0. The lowest BCUT2D eigenvalue weighted by Gasteiger charge is -2.21. The molecule has 19 heteroatoms. The molecule has 0 heterocycles. The Labute approximate surface area is 511 Å². The van der Waals surface area contributed by atoms with Crippen molar-refractivity contribution in [2.75, 3.05) is 39.6 Å². The highest BCUT2D eigenvalue weighted by molar-refractivity contribution is 7.47. The number of esters is 4. The predicted octanol–water partition coefficient (Wildman–Crippen LogP) is 18.2. The third-order valence-corrected chi connectivity index (χ3v) is 16.9. The summed E-state index contributed by atoms with van der Waals surface area (Å²) in [4.78, 5) is 72.1. The van der Waals surface area contributed by atoms with E-state index in [9.17, 15) is 43.2 Å². The summed E-state index contributed by atoms with van der Waals surface area (Å²) in [5.74, 6) is -1.46. The Balaban J connectivity index is 5.15. The van der Waals surface area contributed by atoms with Crippen LogP contribution in [-0.2, 0) is 65.4 Å². The van der Waals surface area contributed by atoms with Gasteiger partial charge in [0.15, 0.2) is 12.2 Å². The van der Waals surface area contributed by atoms with Crippen LogP contribution in [0.2, 0.25) is 0 Å². The predicted molar refractivity (Wildman–Crippen MR) is 335 cm³/mol. The number of aliphatic hydroxyl groups excluding tert-OH is 1. The Morgan fingerprint density at radius 1 is 0.321 bits per heavy atom. The number of rotatable bonds is 65. The Kier molecular flexibility index (Phi) is 57.4. The van der Waals surface area contributed by atoms with Crippen molar-refractivity contribution in [1.82, 2.24) is 0 Å². The highest BCUT2D eigenvalue weighted by atomic mass is 31.2. The van der Waals surface area contributed by atoms with Gasteiger partial charge in [0.05, 0.1) is 26.4 Å². The van der Waals surface area contributed by atoms with Crippen molar-refractivity contribution >= 4 is 39.5 Å². The lowest BCUT2D eigenvalue weighted by Crippen LogP contribution is -2.30. The molecule has 0 amide bonds. The average Bonchev–Trinajstić information content (AvgIpc) is 3.52. The maximum Gasteiger partial charge on any atom is 0.472 e. The largest absolute Gasteiger partial charge is 0.472 e. The van der Waals surface area contributed by atoms with Crippen molar-refractivity contribution in [2.24, 2.45) is 5.92 Å². The quantitative estimate of drug-likeness (QED) is 0.0222. The molecule has 17 nitrogen and oxygen atoms in total. The maximum absolute atomic E-state index is 13.0. The summed E-state index contributed by atoms with van der Waals surface area (Å²) in [6.45, 7) is 7.08. The molecule has 498 valence electrons. The molecule has 0 saturated carbocycles. The summed E-state index contributed by atoms with van der Waals surface area (Å²) in [5, 5.41) is 10.5. The van der Waals surface area contributed by atoms with Gasteiger partial charge < -0.3 is 33.8 Å². The standard InChI is InChI=1S/C65H126O17P2/c1-6-9-12-15-18-21-22-23-24-25-26-27-28-29-31-34-41-46-51-65(70)82-61(55-76-63(68)49-44-39-36-35-37-42-47-58(4)5)57-80-84(73,74)78-53-59(66)52-77-83(71,72)79-56-60(54-75-62(67)48-43-38-32-20-17-14-11-8-3)81-64(69)50-45-40-33-30-19-16-13-10-7-2/h58-61,66H,6-57H2,1-5H3,(H,71,72)(H,73,74)/t59-,60+,61+/m0/s1. The summed E-state index contributed by atoms with van der Waals surface area (Å²) in [6, 6.07) is 0. The molecule has 0 aliphatic heterocycles. The van der Waals surface area contributed by atoms with E-state index in [0.717, 1.165) is 103 Å². The fourth-order valence-corrected chi connectivity index (χ4v) is 11.3. The molecule has 0 aromatic heterocycles. The first-order valence-electron chi connectivity index (χ1n) is 34.1. The molecule has 0 aliphatic carbocycles. The third-order valence-electron chi connectivity index (χ3n) is 15.0. The SMILES string of the molecule is CCCCCCCCCCCCCCCCCCCCC(=O)O[C@H](COC(=O)CCCCCCCCC(C)C)COP(=O)(O)OC[C@@H](O)COP(=O)(O)OC[C@@H](COC(=O)CCCCCCCCCC)OC(=O)CCCCCCCCCCC. The van der Waals surface area contributed by atoms with Gasteiger partial charge in [-0.05, 0) is 31.6 Å². The first-order chi connectivity index (χ1) is 40.5. The third kappa shape index (κ3) is 59.0. The highest BCUT2D eigenvalue weighted by Crippen LogP contribution is 2.45. The van der Waals surface area contributed by atoms with E-state index in [1.165, 1.54) is 141 Å². The number of phosphoric acid groups is 2. The highest BCUT2D eigenvalue weighted by Gasteiger charge is 2.30. The van der Waals surface area contributed by atoms with Crippen LogP contribution in [0.4, 0.5) is 0 Å². The minimum atomic E-state index is -4.94. The summed E-state index contributed by atoms with van der Waals surface area (Å²) < 4.78 is 67.9. The topological polar surface area (TPSA) is 237 Å². The fourth-order valence-electron chi connectivity index (χ4n) is 9.76. The number of carbonyl (C=O) groups is 4. The first kappa shape index (κ1) is 82.1. The van der Waals surface area contributed by atoms with E-state index in [-0.39, 0.29) is 25.7 Å². The van der Waals surface area contributed by atoms with Crippen molar-refractivity contribution in [3.63, 3.8) is 0 Å². The molecular weight excluding hydrogens is 1110 g/mol. The number of hydrogen-bond acceptors (Lipinski definition) is 15. The lowest BCUT2D eigenvalue weighted by molar-refractivity contribution is -0.161. The van der Waals surface area contributed by atoms with Crippen LogP contribution >= 0.6 is 15.6 Å². The van der Waals surface area contributed by atoms with Crippen LogP contribution in [0.25, 0.3) is 0 Å². The molecule has 2 unspecified atom stereocenters. The van der Waals surface area contributed by atoms with Gasteiger partial charge in [0.1, 0.15) is 19.3 Å². The minimum absolute atomic E-state index is 0.106. The van der Waals surface area contributed by atoms with Gasteiger partial charge in [-0.15, -0.1) is 0 Å². The van der Waals surface area contributed by atoms with Gasteiger partial charge in [-0.3, -0.25) is 37.3 Å². The van der Waals surface area contributed by atoms with Crippen LogP contribution in [0, 0.1) is 5.92 Å². The molecular formula is C65H126O17P2. The zero-order valence-electron chi connectivity index (χ0n) is 54.0. The smallest absolute Gasteiger partial charge is 0.462 e. The summed E-state index contributed by atoms with van der Waals surface area (Å²) in [5.41, 5.74) is 0. The van der Waals surface area contributed by atoms with Gasteiger partial charge in [-0.2, -0.15) is 0 Å². The number of carbonyl (C=O) groups excluding carboxylic acids is 4. The van der Waals surface area contributed by atoms with Crippen LogP contribution in [0.5, 0.6) is 0 Å². The number of aliphatic hydroxyl groups is 1. The van der Waals surface area contributed by atoms with E-state index in [1.807, 2.05) is 0 Å². The fraction of sp³-hybridized carbons (Fsp3) is 0.938. The Morgan fingerprint density at radius 3 is 0.810 bits per heavy atom. The molecule has 0 aromatic carbocycles. The number of unbranched alkanes of at least 4 members (excludes halogenated alkanes) is 37. The van der Waals surface area contributed by atoms with Crippen molar-refractivity contribution in [3.8, 4) is 0 Å². The van der Waals surface area contributed by atoms with Crippen molar-refractivity contribution in [3.05, 3.63) is 0 Å². The number of ether oxygens (including phenoxy) is 4. The van der Waals surface area contributed by atoms with E-state index in [2.05, 4.69) is 34.6 Å². The first-order valence-corrected chi connectivity index (χ1v) is 37.1. The van der Waals surface area contributed by atoms with E-state index in [0.29, 0.717) is 31.6 Å².